The maximum atomic E-state index is 12.0. The number of hydrogen-bond donors (Lipinski definition) is 1. The van der Waals surface area contributed by atoms with Gasteiger partial charge < -0.3 is 4.74 Å². The van der Waals surface area contributed by atoms with E-state index in [4.69, 9.17) is 10.00 Å². The SMILES string of the molecule is CNS(=O)(=O)c1cccc(C(=O)OCc2cccc(C#N)c2)c1. The molecular formula is C16H14N2O4S. The predicted octanol–water partition coefficient (Wildman–Crippen LogP) is 1.82. The first-order valence-corrected chi connectivity index (χ1v) is 8.14. The lowest BCUT2D eigenvalue weighted by atomic mass is 10.1. The molecule has 6 nitrogen and oxygen atoms in total. The topological polar surface area (TPSA) is 96.3 Å². The van der Waals surface area contributed by atoms with Gasteiger partial charge in [0.1, 0.15) is 6.61 Å². The standard InChI is InChI=1S/C16H14N2O4S/c1-18-23(20,21)15-7-3-6-14(9-15)16(19)22-11-13-5-2-4-12(8-13)10-17/h2-9,18H,11H2,1H3. The second-order valence-corrected chi connectivity index (χ2v) is 6.51. The average Bonchev–Trinajstić information content (AvgIpc) is 2.60. The van der Waals surface area contributed by atoms with Crippen molar-refractivity contribution in [2.24, 2.45) is 0 Å². The summed E-state index contributed by atoms with van der Waals surface area (Å²) in [6, 6.07) is 14.3. The number of rotatable bonds is 5. The van der Waals surface area contributed by atoms with E-state index in [2.05, 4.69) is 4.72 Å². The summed E-state index contributed by atoms with van der Waals surface area (Å²) >= 11 is 0. The van der Waals surface area contributed by atoms with E-state index in [-0.39, 0.29) is 17.1 Å². The highest BCUT2D eigenvalue weighted by Crippen LogP contribution is 2.13. The van der Waals surface area contributed by atoms with E-state index in [0.717, 1.165) is 0 Å². The molecule has 23 heavy (non-hydrogen) atoms. The Hall–Kier alpha value is -2.69. The second-order valence-electron chi connectivity index (χ2n) is 4.62. The molecule has 1 N–H and O–H groups in total. The van der Waals surface area contributed by atoms with Crippen LogP contribution in [0.1, 0.15) is 21.5 Å². The number of carbonyl (C=O) groups is 1. The van der Waals surface area contributed by atoms with Gasteiger partial charge in [-0.25, -0.2) is 17.9 Å². The van der Waals surface area contributed by atoms with Crippen molar-refractivity contribution in [3.63, 3.8) is 0 Å². The molecule has 0 radical (unpaired) electrons. The summed E-state index contributed by atoms with van der Waals surface area (Å²) in [4.78, 5) is 12.0. The molecule has 0 saturated carbocycles. The summed E-state index contributed by atoms with van der Waals surface area (Å²) in [5, 5.41) is 8.83. The fourth-order valence-corrected chi connectivity index (χ4v) is 2.65. The molecule has 0 aliphatic heterocycles. The minimum atomic E-state index is -3.62. The summed E-state index contributed by atoms with van der Waals surface area (Å²) in [5.41, 5.74) is 1.29. The van der Waals surface area contributed by atoms with E-state index in [1.807, 2.05) is 6.07 Å². The molecule has 2 rings (SSSR count). The van der Waals surface area contributed by atoms with E-state index in [0.29, 0.717) is 11.1 Å². The molecule has 0 aromatic heterocycles. The molecule has 0 spiro atoms. The van der Waals surface area contributed by atoms with Crippen LogP contribution < -0.4 is 4.72 Å². The van der Waals surface area contributed by atoms with Gasteiger partial charge in [-0.1, -0.05) is 18.2 Å². The number of sulfonamides is 1. The molecule has 2 aromatic rings. The van der Waals surface area contributed by atoms with E-state index in [1.165, 1.54) is 31.3 Å². The quantitative estimate of drug-likeness (QED) is 0.844. The summed E-state index contributed by atoms with van der Waals surface area (Å²) in [7, 11) is -2.33. The van der Waals surface area contributed by atoms with Crippen LogP contribution >= 0.6 is 0 Å². The number of hydrogen-bond acceptors (Lipinski definition) is 5. The van der Waals surface area contributed by atoms with Crippen molar-refractivity contribution in [1.82, 2.24) is 4.72 Å². The molecule has 0 atom stereocenters. The Morgan fingerprint density at radius 2 is 1.96 bits per heavy atom. The molecule has 7 heteroatoms. The first-order valence-electron chi connectivity index (χ1n) is 6.66. The van der Waals surface area contributed by atoms with Crippen molar-refractivity contribution >= 4 is 16.0 Å². The minimum Gasteiger partial charge on any atom is -0.457 e. The summed E-state index contributed by atoms with van der Waals surface area (Å²) in [5.74, 6) is -0.638. The van der Waals surface area contributed by atoms with Crippen LogP contribution in [0.15, 0.2) is 53.4 Å². The molecule has 0 fully saturated rings. The average molecular weight is 330 g/mol. The maximum Gasteiger partial charge on any atom is 0.338 e. The lowest BCUT2D eigenvalue weighted by molar-refractivity contribution is 0.0472. The van der Waals surface area contributed by atoms with Gasteiger partial charge in [-0.05, 0) is 42.9 Å². The van der Waals surface area contributed by atoms with Crippen molar-refractivity contribution in [2.45, 2.75) is 11.5 Å². The molecule has 2 aromatic carbocycles. The number of benzene rings is 2. The lowest BCUT2D eigenvalue weighted by Gasteiger charge is -2.07. The van der Waals surface area contributed by atoms with Crippen molar-refractivity contribution in [3.05, 3.63) is 65.2 Å². The number of nitrogens with zero attached hydrogens (tertiary/aromatic N) is 1. The van der Waals surface area contributed by atoms with E-state index in [9.17, 15) is 13.2 Å². The third-order valence-electron chi connectivity index (χ3n) is 3.07. The van der Waals surface area contributed by atoms with Crippen LogP contribution in [0.25, 0.3) is 0 Å². The van der Waals surface area contributed by atoms with Gasteiger partial charge in [0.25, 0.3) is 0 Å². The molecule has 0 bridgehead atoms. The molecule has 118 valence electrons. The molecule has 0 saturated heterocycles. The highest BCUT2D eigenvalue weighted by atomic mass is 32.2. The Bertz CT molecular complexity index is 870. The van der Waals surface area contributed by atoms with E-state index in [1.54, 1.807) is 24.3 Å². The van der Waals surface area contributed by atoms with E-state index < -0.39 is 16.0 Å². The monoisotopic (exact) mass is 330 g/mol. The van der Waals surface area contributed by atoms with Crippen LogP contribution in [0.3, 0.4) is 0 Å². The molecule has 0 aliphatic carbocycles. The smallest absolute Gasteiger partial charge is 0.338 e. The Kier molecular flexibility index (Phi) is 5.11. The number of esters is 1. The van der Waals surface area contributed by atoms with Crippen molar-refractivity contribution in [3.8, 4) is 6.07 Å². The van der Waals surface area contributed by atoms with Gasteiger partial charge in [0.15, 0.2) is 0 Å². The second kappa shape index (κ2) is 7.05. The zero-order valence-corrected chi connectivity index (χ0v) is 13.1. The van der Waals surface area contributed by atoms with Crippen LogP contribution in [-0.2, 0) is 21.4 Å². The van der Waals surface area contributed by atoms with Crippen LogP contribution in [0, 0.1) is 11.3 Å². The Morgan fingerprint density at radius 3 is 2.65 bits per heavy atom. The van der Waals surface area contributed by atoms with Crippen LogP contribution in [0.2, 0.25) is 0 Å². The van der Waals surface area contributed by atoms with Crippen molar-refractivity contribution in [1.29, 1.82) is 5.26 Å². The fourth-order valence-electron chi connectivity index (χ4n) is 1.87. The third-order valence-corrected chi connectivity index (χ3v) is 4.49. The molecule has 0 aliphatic rings. The highest BCUT2D eigenvalue weighted by molar-refractivity contribution is 7.89. The third kappa shape index (κ3) is 4.16. The number of ether oxygens (including phenoxy) is 1. The Labute approximate surface area is 134 Å². The maximum absolute atomic E-state index is 12.0. The van der Waals surface area contributed by atoms with Crippen LogP contribution in [-0.4, -0.2) is 21.4 Å². The summed E-state index contributed by atoms with van der Waals surface area (Å²) < 4.78 is 30.8. The highest BCUT2D eigenvalue weighted by Gasteiger charge is 2.15. The largest absolute Gasteiger partial charge is 0.457 e. The number of nitriles is 1. The van der Waals surface area contributed by atoms with Gasteiger partial charge in [-0.15, -0.1) is 0 Å². The molecular weight excluding hydrogens is 316 g/mol. The normalized spacial score (nSPS) is 10.8. The molecule has 0 unspecified atom stereocenters. The predicted molar refractivity (Wildman–Crippen MR) is 83.0 cm³/mol. The van der Waals surface area contributed by atoms with Gasteiger partial charge in [0.05, 0.1) is 22.1 Å². The van der Waals surface area contributed by atoms with E-state index >= 15 is 0 Å². The minimum absolute atomic E-state index is 0.00262. The van der Waals surface area contributed by atoms with Crippen molar-refractivity contribution < 1.29 is 17.9 Å². The number of nitrogens with one attached hydrogen (secondary N) is 1. The van der Waals surface area contributed by atoms with Gasteiger partial charge in [0.2, 0.25) is 10.0 Å². The number of carbonyl (C=O) groups excluding carboxylic acids is 1. The lowest BCUT2D eigenvalue weighted by Crippen LogP contribution is -2.19. The Morgan fingerprint density at radius 1 is 1.22 bits per heavy atom. The molecule has 0 amide bonds. The van der Waals surface area contributed by atoms with Crippen LogP contribution in [0.5, 0.6) is 0 Å². The summed E-state index contributed by atoms with van der Waals surface area (Å²) in [6.07, 6.45) is 0. The summed E-state index contributed by atoms with van der Waals surface area (Å²) in [6.45, 7) is -0.00262. The van der Waals surface area contributed by atoms with Gasteiger partial charge in [0, 0.05) is 0 Å². The van der Waals surface area contributed by atoms with Gasteiger partial charge >= 0.3 is 5.97 Å². The zero-order valence-electron chi connectivity index (χ0n) is 12.3. The molecule has 0 heterocycles. The van der Waals surface area contributed by atoms with Gasteiger partial charge in [-0.3, -0.25) is 0 Å². The van der Waals surface area contributed by atoms with Crippen molar-refractivity contribution in [2.75, 3.05) is 7.05 Å². The first kappa shape index (κ1) is 16.7. The fraction of sp³-hybridized carbons (Fsp3) is 0.125. The zero-order chi connectivity index (χ0) is 16.9. The van der Waals surface area contributed by atoms with Crippen LogP contribution in [0.4, 0.5) is 0 Å². The first-order chi connectivity index (χ1) is 11.0. The Balaban J connectivity index is 2.12. The van der Waals surface area contributed by atoms with Gasteiger partial charge in [-0.2, -0.15) is 5.26 Å².